The molecule has 1 aliphatic heterocycles. The smallest absolute Gasteiger partial charge is 0.408 e. The molecule has 2 heterocycles. The maximum atomic E-state index is 12.8. The van der Waals surface area contributed by atoms with E-state index in [1.165, 1.54) is 0 Å². The first-order valence-corrected chi connectivity index (χ1v) is 7.70. The molecule has 0 radical (unpaired) electrons. The summed E-state index contributed by atoms with van der Waals surface area (Å²) in [6.45, 7) is 0.915. The minimum absolute atomic E-state index is 0.243. The Kier molecular flexibility index (Phi) is 4.38. The average molecular weight is 341 g/mol. The van der Waals surface area contributed by atoms with Gasteiger partial charge in [-0.1, -0.05) is 19.1 Å². The molecule has 130 valence electrons. The van der Waals surface area contributed by atoms with Gasteiger partial charge in [0.2, 0.25) is 0 Å². The minimum Gasteiger partial charge on any atom is -0.493 e. The van der Waals surface area contributed by atoms with Crippen molar-refractivity contribution in [1.29, 1.82) is 0 Å². The van der Waals surface area contributed by atoms with Crippen LogP contribution in [0.3, 0.4) is 0 Å². The quantitative estimate of drug-likeness (QED) is 0.857. The highest BCUT2D eigenvalue weighted by molar-refractivity contribution is 5.48. The van der Waals surface area contributed by atoms with Gasteiger partial charge >= 0.3 is 6.18 Å². The van der Waals surface area contributed by atoms with Gasteiger partial charge in [0.1, 0.15) is 12.4 Å². The standard InChI is InChI=1S/C16H18F3N3O2/c1-3-13-20-15(22(21-13)9-16(17,18)19)11-7-10-5-4-6-12(23-2)14(10)24-8-11/h4-6,11H,3,7-9H2,1-2H3. The number of aromatic nitrogens is 3. The zero-order valence-electron chi connectivity index (χ0n) is 13.4. The van der Waals surface area contributed by atoms with Crippen LogP contribution in [0, 0.1) is 0 Å². The predicted octanol–water partition coefficient (Wildman–Crippen LogP) is 3.13. The fraction of sp³-hybridized carbons (Fsp3) is 0.500. The van der Waals surface area contributed by atoms with Crippen molar-refractivity contribution >= 4 is 0 Å². The van der Waals surface area contributed by atoms with E-state index in [2.05, 4.69) is 10.1 Å². The van der Waals surface area contributed by atoms with Crippen LogP contribution in [0.1, 0.15) is 30.1 Å². The topological polar surface area (TPSA) is 49.2 Å². The van der Waals surface area contributed by atoms with Crippen molar-refractivity contribution in [2.45, 2.75) is 38.4 Å². The highest BCUT2D eigenvalue weighted by Gasteiger charge is 2.34. The van der Waals surface area contributed by atoms with E-state index < -0.39 is 12.7 Å². The Balaban J connectivity index is 1.91. The number of benzene rings is 1. The van der Waals surface area contributed by atoms with Crippen LogP contribution in [-0.4, -0.2) is 34.7 Å². The number of alkyl halides is 3. The highest BCUT2D eigenvalue weighted by atomic mass is 19.4. The zero-order chi connectivity index (χ0) is 17.3. The second kappa shape index (κ2) is 6.33. The summed E-state index contributed by atoms with van der Waals surface area (Å²) in [5, 5.41) is 3.98. The van der Waals surface area contributed by atoms with Crippen LogP contribution in [0.25, 0.3) is 0 Å². The number of halogens is 3. The summed E-state index contributed by atoms with van der Waals surface area (Å²) in [6.07, 6.45) is -3.33. The summed E-state index contributed by atoms with van der Waals surface area (Å²) in [4.78, 5) is 4.29. The largest absolute Gasteiger partial charge is 0.493 e. The van der Waals surface area contributed by atoms with Crippen molar-refractivity contribution < 1.29 is 22.6 Å². The van der Waals surface area contributed by atoms with Gasteiger partial charge in [0, 0.05) is 6.42 Å². The molecule has 0 saturated heterocycles. The summed E-state index contributed by atoms with van der Waals surface area (Å²) in [7, 11) is 1.55. The van der Waals surface area contributed by atoms with Crippen LogP contribution in [0.5, 0.6) is 11.5 Å². The molecule has 0 aliphatic carbocycles. The Labute approximate surface area is 137 Å². The van der Waals surface area contributed by atoms with Crippen LogP contribution >= 0.6 is 0 Å². The fourth-order valence-corrected chi connectivity index (χ4v) is 2.86. The summed E-state index contributed by atoms with van der Waals surface area (Å²) < 4.78 is 50.4. The fourth-order valence-electron chi connectivity index (χ4n) is 2.86. The van der Waals surface area contributed by atoms with Crippen molar-refractivity contribution in [3.8, 4) is 11.5 Å². The Morgan fingerprint density at radius 3 is 2.83 bits per heavy atom. The van der Waals surface area contributed by atoms with Crippen molar-refractivity contribution in [2.75, 3.05) is 13.7 Å². The molecule has 3 rings (SSSR count). The maximum Gasteiger partial charge on any atom is 0.408 e. The van der Waals surface area contributed by atoms with Gasteiger partial charge in [0.15, 0.2) is 17.3 Å². The number of nitrogens with zero attached hydrogens (tertiary/aromatic N) is 3. The lowest BCUT2D eigenvalue weighted by molar-refractivity contribution is -0.143. The summed E-state index contributed by atoms with van der Waals surface area (Å²) >= 11 is 0. The van der Waals surface area contributed by atoms with Crippen LogP contribution < -0.4 is 9.47 Å². The molecule has 0 amide bonds. The third-order valence-electron chi connectivity index (χ3n) is 3.93. The van der Waals surface area contributed by atoms with E-state index in [9.17, 15) is 13.2 Å². The van der Waals surface area contributed by atoms with Gasteiger partial charge in [0.25, 0.3) is 0 Å². The van der Waals surface area contributed by atoms with Gasteiger partial charge in [-0.2, -0.15) is 18.3 Å². The zero-order valence-corrected chi connectivity index (χ0v) is 13.4. The summed E-state index contributed by atoms with van der Waals surface area (Å²) in [5.74, 6) is 1.72. The Hall–Kier alpha value is -2.25. The van der Waals surface area contributed by atoms with Crippen molar-refractivity contribution in [3.05, 3.63) is 35.4 Å². The van der Waals surface area contributed by atoms with E-state index in [0.29, 0.717) is 36.0 Å². The third-order valence-corrected chi connectivity index (χ3v) is 3.93. The molecule has 0 spiro atoms. The summed E-state index contributed by atoms with van der Waals surface area (Å²) in [5.41, 5.74) is 0.894. The van der Waals surface area contributed by atoms with Gasteiger partial charge in [-0.3, -0.25) is 0 Å². The van der Waals surface area contributed by atoms with E-state index in [0.717, 1.165) is 10.2 Å². The minimum atomic E-state index is -4.34. The number of ether oxygens (including phenoxy) is 2. The molecule has 1 unspecified atom stereocenters. The first-order valence-electron chi connectivity index (χ1n) is 7.70. The highest BCUT2D eigenvalue weighted by Crippen LogP contribution is 2.38. The average Bonchev–Trinajstić information content (AvgIpc) is 2.94. The predicted molar refractivity (Wildman–Crippen MR) is 80.4 cm³/mol. The van der Waals surface area contributed by atoms with Crippen molar-refractivity contribution in [2.24, 2.45) is 0 Å². The second-order valence-corrected chi connectivity index (χ2v) is 5.67. The van der Waals surface area contributed by atoms with Crippen molar-refractivity contribution in [3.63, 3.8) is 0 Å². The molecular weight excluding hydrogens is 323 g/mol. The molecule has 2 aromatic rings. The number of methoxy groups -OCH3 is 1. The van der Waals surface area contributed by atoms with Crippen LogP contribution in [0.15, 0.2) is 18.2 Å². The van der Waals surface area contributed by atoms with Crippen molar-refractivity contribution in [1.82, 2.24) is 14.8 Å². The number of aryl methyl sites for hydroxylation is 1. The van der Waals surface area contributed by atoms with Crippen LogP contribution in [0.2, 0.25) is 0 Å². The van der Waals surface area contributed by atoms with Gasteiger partial charge in [-0.05, 0) is 18.1 Å². The summed E-state index contributed by atoms with van der Waals surface area (Å²) in [6, 6.07) is 5.51. The van der Waals surface area contributed by atoms with E-state index in [-0.39, 0.29) is 12.5 Å². The van der Waals surface area contributed by atoms with Gasteiger partial charge < -0.3 is 9.47 Å². The molecule has 1 aliphatic rings. The second-order valence-electron chi connectivity index (χ2n) is 5.67. The number of para-hydroxylation sites is 1. The Morgan fingerprint density at radius 1 is 1.38 bits per heavy atom. The number of hydrogen-bond acceptors (Lipinski definition) is 4. The molecule has 24 heavy (non-hydrogen) atoms. The first-order chi connectivity index (χ1) is 11.4. The lowest BCUT2D eigenvalue weighted by atomic mass is 9.95. The first kappa shape index (κ1) is 16.6. The molecular formula is C16H18F3N3O2. The monoisotopic (exact) mass is 341 g/mol. The maximum absolute atomic E-state index is 12.8. The molecule has 1 aromatic carbocycles. The van der Waals surface area contributed by atoms with Gasteiger partial charge in [-0.15, -0.1) is 0 Å². The van der Waals surface area contributed by atoms with Gasteiger partial charge in [0.05, 0.1) is 19.6 Å². The molecule has 0 saturated carbocycles. The molecule has 0 bridgehead atoms. The van der Waals surface area contributed by atoms with E-state index in [1.807, 2.05) is 19.1 Å². The Bertz CT molecular complexity index is 728. The molecule has 1 atom stereocenters. The van der Waals surface area contributed by atoms with E-state index >= 15 is 0 Å². The van der Waals surface area contributed by atoms with E-state index in [1.54, 1.807) is 13.2 Å². The van der Waals surface area contributed by atoms with Crippen LogP contribution in [-0.2, 0) is 19.4 Å². The molecule has 0 fully saturated rings. The Morgan fingerprint density at radius 2 is 2.17 bits per heavy atom. The van der Waals surface area contributed by atoms with E-state index in [4.69, 9.17) is 9.47 Å². The normalized spacial score (nSPS) is 17.3. The van der Waals surface area contributed by atoms with Gasteiger partial charge in [-0.25, -0.2) is 9.67 Å². The lowest BCUT2D eigenvalue weighted by Crippen LogP contribution is -2.26. The molecule has 1 aromatic heterocycles. The SMILES string of the molecule is CCc1nc(C2COc3c(cccc3OC)C2)n(CC(F)(F)F)n1. The lowest BCUT2D eigenvalue weighted by Gasteiger charge is -2.26. The number of rotatable bonds is 4. The number of hydrogen-bond donors (Lipinski definition) is 0. The number of fused-ring (bicyclic) bond motifs is 1. The third kappa shape index (κ3) is 3.32. The van der Waals surface area contributed by atoms with Crippen LogP contribution in [0.4, 0.5) is 13.2 Å². The molecule has 0 N–H and O–H groups in total. The molecule has 8 heteroatoms. The molecule has 5 nitrogen and oxygen atoms in total.